The number of hydrogen-bond donors (Lipinski definition) is 0. The minimum atomic E-state index is 0. The van der Waals surface area contributed by atoms with Crippen LogP contribution in [0.25, 0.3) is 0 Å². The maximum atomic E-state index is 12.3. The average molecular weight is 365 g/mol. The summed E-state index contributed by atoms with van der Waals surface area (Å²) in [5.74, 6) is 0. The van der Waals surface area contributed by atoms with E-state index in [9.17, 15) is 4.79 Å². The van der Waals surface area contributed by atoms with Crippen molar-refractivity contribution in [3.63, 3.8) is 0 Å². The van der Waals surface area contributed by atoms with E-state index in [1.807, 2.05) is 29.6 Å². The second kappa shape index (κ2) is 6.51. The number of morpholine rings is 1. The van der Waals surface area contributed by atoms with Crippen LogP contribution in [0.5, 0.6) is 0 Å². The molecule has 0 bridgehead atoms. The number of carbonyl (C=O) groups is 1. The summed E-state index contributed by atoms with van der Waals surface area (Å²) in [6, 6.07) is 0.221. The van der Waals surface area contributed by atoms with Crippen molar-refractivity contribution >= 4 is 6.03 Å². The molecule has 2 rings (SSSR count). The van der Waals surface area contributed by atoms with Gasteiger partial charge in [0.1, 0.15) is 12.4 Å². The molecule has 5 nitrogen and oxygen atoms in total. The molecule has 1 amide bonds. The minimum Gasteiger partial charge on any atom is -1.00 e. The summed E-state index contributed by atoms with van der Waals surface area (Å²) in [5.41, 5.74) is 0. The number of amides is 1. The Morgan fingerprint density at radius 2 is 2.28 bits per heavy atom. The molecule has 2 unspecified atom stereocenters. The molecule has 1 aliphatic heterocycles. The summed E-state index contributed by atoms with van der Waals surface area (Å²) in [7, 11) is 1.91. The van der Waals surface area contributed by atoms with Crippen LogP contribution in [0.4, 0.5) is 4.79 Å². The first-order chi connectivity index (χ1) is 8.11. The molecule has 1 aliphatic rings. The molecule has 1 fully saturated rings. The molecule has 6 heteroatoms. The molecule has 2 heterocycles. The third-order valence-corrected chi connectivity index (χ3v) is 3.17. The third-order valence-electron chi connectivity index (χ3n) is 3.17. The number of rotatable bonds is 1. The first-order valence-corrected chi connectivity index (χ1v) is 6.07. The second-order valence-corrected chi connectivity index (χ2v) is 4.63. The lowest BCUT2D eigenvalue weighted by Gasteiger charge is -2.36. The number of carbonyl (C=O) groups excluding carboxylic acids is 1. The van der Waals surface area contributed by atoms with Gasteiger partial charge < -0.3 is 28.7 Å². The first-order valence-electron chi connectivity index (χ1n) is 6.07. The lowest BCUT2D eigenvalue weighted by Crippen LogP contribution is -3.00. The van der Waals surface area contributed by atoms with E-state index >= 15 is 0 Å². The van der Waals surface area contributed by atoms with E-state index in [2.05, 4.69) is 6.92 Å². The van der Waals surface area contributed by atoms with E-state index in [0.717, 1.165) is 6.42 Å². The summed E-state index contributed by atoms with van der Waals surface area (Å²) >= 11 is 0. The van der Waals surface area contributed by atoms with Crippen LogP contribution in [-0.2, 0) is 11.8 Å². The van der Waals surface area contributed by atoms with Gasteiger partial charge >= 0.3 is 6.03 Å². The Labute approximate surface area is 125 Å². The van der Waals surface area contributed by atoms with Crippen molar-refractivity contribution in [1.82, 2.24) is 9.47 Å². The molecule has 1 aromatic rings. The van der Waals surface area contributed by atoms with Crippen LogP contribution in [-0.4, -0.2) is 40.8 Å². The fraction of sp³-hybridized carbons (Fsp3) is 0.667. The van der Waals surface area contributed by atoms with E-state index in [4.69, 9.17) is 4.74 Å². The number of hydrogen-bond acceptors (Lipinski definition) is 2. The standard InChI is InChI=1S/C12H20N3O2.HI/c1-4-11-8-17-10(2)7-15(11)12(16)14-6-5-13(3)9-14;/h5-6,9-11H,4,7-8H2,1-3H3;1H/q+1;/p-1. The Bertz CT molecular complexity index is 408. The molecule has 1 saturated heterocycles. The fourth-order valence-electron chi connectivity index (χ4n) is 2.13. The van der Waals surface area contributed by atoms with Gasteiger partial charge in [0, 0.05) is 0 Å². The highest BCUT2D eigenvalue weighted by atomic mass is 127. The van der Waals surface area contributed by atoms with Gasteiger partial charge in [-0.15, -0.1) is 0 Å². The van der Waals surface area contributed by atoms with Crippen molar-refractivity contribution in [2.45, 2.75) is 32.4 Å². The Morgan fingerprint density at radius 1 is 1.56 bits per heavy atom. The number of aryl methyl sites for hydroxylation is 1. The topological polar surface area (TPSA) is 38.4 Å². The third kappa shape index (κ3) is 3.23. The zero-order valence-corrected chi connectivity index (χ0v) is 13.2. The summed E-state index contributed by atoms with van der Waals surface area (Å²) in [6.07, 6.45) is 6.48. The van der Waals surface area contributed by atoms with Gasteiger partial charge in [-0.1, -0.05) is 6.92 Å². The van der Waals surface area contributed by atoms with Gasteiger partial charge in [-0.25, -0.2) is 9.36 Å². The van der Waals surface area contributed by atoms with Crippen LogP contribution < -0.4 is 28.5 Å². The van der Waals surface area contributed by atoms with Gasteiger partial charge in [0.2, 0.25) is 0 Å². The van der Waals surface area contributed by atoms with Crippen LogP contribution >= 0.6 is 0 Å². The fourth-order valence-corrected chi connectivity index (χ4v) is 2.13. The number of imidazole rings is 1. The molecule has 2 atom stereocenters. The molecule has 0 spiro atoms. The Kier molecular flexibility index (Phi) is 5.58. The van der Waals surface area contributed by atoms with Gasteiger partial charge in [-0.2, -0.15) is 4.57 Å². The number of ether oxygens (including phenoxy) is 1. The number of nitrogens with zero attached hydrogens (tertiary/aromatic N) is 3. The lowest BCUT2D eigenvalue weighted by molar-refractivity contribution is -0.670. The van der Waals surface area contributed by atoms with Gasteiger partial charge in [0.25, 0.3) is 6.33 Å². The van der Waals surface area contributed by atoms with Gasteiger partial charge in [0.05, 0.1) is 32.3 Å². The molecule has 0 aromatic carbocycles. The van der Waals surface area contributed by atoms with Crippen molar-refractivity contribution in [2.24, 2.45) is 7.05 Å². The Hall–Kier alpha value is -0.630. The number of aromatic nitrogens is 2. The normalized spacial score (nSPS) is 23.6. The summed E-state index contributed by atoms with van der Waals surface area (Å²) < 4.78 is 9.08. The first kappa shape index (κ1) is 15.4. The van der Waals surface area contributed by atoms with Crippen molar-refractivity contribution < 1.29 is 38.1 Å². The van der Waals surface area contributed by atoms with Crippen molar-refractivity contribution in [1.29, 1.82) is 0 Å². The van der Waals surface area contributed by atoms with Crippen molar-refractivity contribution in [3.05, 3.63) is 18.7 Å². The van der Waals surface area contributed by atoms with Crippen LogP contribution in [0.2, 0.25) is 0 Å². The Balaban J connectivity index is 0.00000162. The van der Waals surface area contributed by atoms with E-state index < -0.39 is 0 Å². The zero-order chi connectivity index (χ0) is 12.4. The smallest absolute Gasteiger partial charge is 0.416 e. The highest BCUT2D eigenvalue weighted by Crippen LogP contribution is 2.15. The molecular weight excluding hydrogens is 345 g/mol. The quantitative estimate of drug-likeness (QED) is 0.418. The van der Waals surface area contributed by atoms with Gasteiger partial charge in [0.15, 0.2) is 0 Å². The van der Waals surface area contributed by atoms with E-state index in [0.29, 0.717) is 13.2 Å². The minimum absolute atomic E-state index is 0. The van der Waals surface area contributed by atoms with E-state index in [-0.39, 0.29) is 42.2 Å². The maximum Gasteiger partial charge on any atom is 0.416 e. The molecule has 102 valence electrons. The van der Waals surface area contributed by atoms with Crippen LogP contribution in [0.15, 0.2) is 18.7 Å². The molecular formula is C12H20IN3O2. The zero-order valence-electron chi connectivity index (χ0n) is 11.0. The van der Waals surface area contributed by atoms with Crippen molar-refractivity contribution in [3.8, 4) is 0 Å². The summed E-state index contributed by atoms with van der Waals surface area (Å²) in [5, 5.41) is 0. The van der Waals surface area contributed by atoms with Crippen LogP contribution in [0.3, 0.4) is 0 Å². The molecule has 0 radical (unpaired) electrons. The molecule has 0 aliphatic carbocycles. The predicted octanol–water partition coefficient (Wildman–Crippen LogP) is -2.22. The van der Waals surface area contributed by atoms with Gasteiger partial charge in [-0.05, 0) is 13.3 Å². The van der Waals surface area contributed by atoms with Crippen LogP contribution in [0, 0.1) is 0 Å². The van der Waals surface area contributed by atoms with E-state index in [1.54, 1.807) is 17.1 Å². The van der Waals surface area contributed by atoms with Crippen molar-refractivity contribution in [2.75, 3.05) is 13.2 Å². The SMILES string of the molecule is CCC1COC(C)CN1C(=O)n1cc[n+](C)c1.[I-]. The second-order valence-electron chi connectivity index (χ2n) is 4.63. The van der Waals surface area contributed by atoms with Gasteiger partial charge in [-0.3, -0.25) is 4.90 Å². The monoisotopic (exact) mass is 365 g/mol. The average Bonchev–Trinajstić information content (AvgIpc) is 2.75. The molecule has 1 aromatic heterocycles. The number of halogens is 1. The summed E-state index contributed by atoms with van der Waals surface area (Å²) in [4.78, 5) is 14.3. The molecule has 0 saturated carbocycles. The van der Waals surface area contributed by atoms with Crippen LogP contribution in [0.1, 0.15) is 20.3 Å². The summed E-state index contributed by atoms with van der Waals surface area (Å²) in [6.45, 7) is 5.39. The highest BCUT2D eigenvalue weighted by molar-refractivity contribution is 5.77. The Morgan fingerprint density at radius 3 is 2.83 bits per heavy atom. The van der Waals surface area contributed by atoms with E-state index in [1.165, 1.54) is 0 Å². The lowest BCUT2D eigenvalue weighted by atomic mass is 10.1. The largest absolute Gasteiger partial charge is 1.00 e. The molecule has 0 N–H and O–H groups in total. The highest BCUT2D eigenvalue weighted by Gasteiger charge is 2.32. The molecule has 18 heavy (non-hydrogen) atoms. The maximum absolute atomic E-state index is 12.3. The predicted molar refractivity (Wildman–Crippen MR) is 62.6 cm³/mol.